The first-order chi connectivity index (χ1) is 8.23. The zero-order valence-electron chi connectivity index (χ0n) is 11.3. The highest BCUT2D eigenvalue weighted by atomic mass is 79.9. The summed E-state index contributed by atoms with van der Waals surface area (Å²) < 4.78 is 13.0. The number of benzene rings is 1. The fraction of sp³-hybridized carbons (Fsp3) is 0.429. The molecule has 0 spiro atoms. The lowest BCUT2D eigenvalue weighted by Gasteiger charge is -2.32. The third-order valence-corrected chi connectivity index (χ3v) is 4.28. The molecule has 1 fully saturated rings. The average Bonchev–Trinajstić information content (AvgIpc) is 2.48. The fourth-order valence-electron chi connectivity index (χ4n) is 1.79. The summed E-state index contributed by atoms with van der Waals surface area (Å²) in [7, 11) is -0.379. The molecule has 1 aliphatic heterocycles. The Balaban J connectivity index is 2.20. The molecule has 1 heterocycles. The van der Waals surface area contributed by atoms with E-state index < -0.39 is 0 Å². The fourth-order valence-corrected chi connectivity index (χ4v) is 2.05. The molecule has 0 N–H and O–H groups in total. The highest BCUT2D eigenvalue weighted by Gasteiger charge is 2.52. The van der Waals surface area contributed by atoms with Gasteiger partial charge in [0.15, 0.2) is 0 Å². The highest BCUT2D eigenvalue weighted by molar-refractivity contribution is 9.10. The Hall–Kier alpha value is -0.575. The molecular formula is C14H18BBrO2. The van der Waals surface area contributed by atoms with Crippen molar-refractivity contribution < 1.29 is 9.31 Å². The van der Waals surface area contributed by atoms with Crippen LogP contribution in [-0.4, -0.2) is 18.3 Å². The van der Waals surface area contributed by atoms with Crippen LogP contribution < -0.4 is 0 Å². The third kappa shape index (κ3) is 2.42. The number of hydrogen-bond acceptors (Lipinski definition) is 2. The molecule has 1 aromatic rings. The van der Waals surface area contributed by atoms with Crippen LogP contribution in [0.4, 0.5) is 0 Å². The van der Waals surface area contributed by atoms with Crippen LogP contribution in [0.15, 0.2) is 35.3 Å². The molecule has 1 aromatic carbocycles. The van der Waals surface area contributed by atoms with Crippen LogP contribution in [0.1, 0.15) is 33.3 Å². The van der Waals surface area contributed by atoms with Gasteiger partial charge in [-0.2, -0.15) is 0 Å². The Morgan fingerprint density at radius 2 is 1.50 bits per heavy atom. The van der Waals surface area contributed by atoms with E-state index >= 15 is 0 Å². The average molecular weight is 309 g/mol. The Morgan fingerprint density at radius 3 is 1.94 bits per heavy atom. The molecule has 1 saturated heterocycles. The molecule has 1 aliphatic rings. The SMILES string of the molecule is C=C(B1OC(C)(C)C(C)(C)O1)c1ccc(Br)cc1. The smallest absolute Gasteiger partial charge is 0.399 e. The summed E-state index contributed by atoms with van der Waals surface area (Å²) in [6, 6.07) is 8.01. The van der Waals surface area contributed by atoms with Gasteiger partial charge in [0.05, 0.1) is 11.2 Å². The van der Waals surface area contributed by atoms with E-state index in [1.165, 1.54) is 0 Å². The van der Waals surface area contributed by atoms with Gasteiger partial charge in [-0.15, -0.1) is 0 Å². The van der Waals surface area contributed by atoms with Crippen LogP contribution >= 0.6 is 15.9 Å². The molecule has 2 nitrogen and oxygen atoms in total. The molecule has 0 aromatic heterocycles. The maximum atomic E-state index is 5.98. The summed E-state index contributed by atoms with van der Waals surface area (Å²) in [5.41, 5.74) is 1.25. The number of rotatable bonds is 2. The molecule has 2 rings (SSSR count). The maximum Gasteiger partial charge on any atom is 0.494 e. The minimum absolute atomic E-state index is 0.323. The standard InChI is InChI=1S/C14H18BBrO2/c1-10(11-6-8-12(16)9-7-11)15-17-13(2,3)14(4,5)18-15/h6-9H,1H2,2-5H3. The monoisotopic (exact) mass is 308 g/mol. The van der Waals surface area contributed by atoms with Crippen molar-refractivity contribution in [3.8, 4) is 0 Å². The minimum atomic E-state index is -0.379. The molecule has 96 valence electrons. The molecular weight excluding hydrogens is 291 g/mol. The minimum Gasteiger partial charge on any atom is -0.399 e. The first-order valence-electron chi connectivity index (χ1n) is 6.03. The summed E-state index contributed by atoms with van der Waals surface area (Å²) in [6.07, 6.45) is 0. The van der Waals surface area contributed by atoms with Crippen LogP contribution in [0, 0.1) is 0 Å². The second-order valence-corrected chi connectivity index (χ2v) is 6.54. The lowest BCUT2D eigenvalue weighted by Crippen LogP contribution is -2.41. The molecule has 0 amide bonds. The summed E-state index contributed by atoms with van der Waals surface area (Å²) in [6.45, 7) is 12.3. The van der Waals surface area contributed by atoms with Crippen molar-refractivity contribution in [1.29, 1.82) is 0 Å². The predicted molar refractivity (Wildman–Crippen MR) is 79.3 cm³/mol. The quantitative estimate of drug-likeness (QED) is 0.766. The van der Waals surface area contributed by atoms with Crippen LogP contribution in [0.3, 0.4) is 0 Å². The zero-order valence-corrected chi connectivity index (χ0v) is 12.9. The van der Waals surface area contributed by atoms with Gasteiger partial charge < -0.3 is 9.31 Å². The molecule has 0 unspecified atom stereocenters. The van der Waals surface area contributed by atoms with E-state index in [2.05, 4.69) is 22.5 Å². The molecule has 18 heavy (non-hydrogen) atoms. The van der Waals surface area contributed by atoms with Gasteiger partial charge in [-0.25, -0.2) is 0 Å². The van der Waals surface area contributed by atoms with Gasteiger partial charge in [0.25, 0.3) is 0 Å². The number of halogens is 1. The predicted octanol–water partition coefficient (Wildman–Crippen LogP) is 4.09. The molecule has 0 bridgehead atoms. The van der Waals surface area contributed by atoms with Gasteiger partial charge in [-0.3, -0.25) is 0 Å². The van der Waals surface area contributed by atoms with Gasteiger partial charge >= 0.3 is 7.12 Å². The van der Waals surface area contributed by atoms with E-state index in [0.717, 1.165) is 15.5 Å². The summed E-state index contributed by atoms with van der Waals surface area (Å²) in [5.74, 6) is 0. The van der Waals surface area contributed by atoms with E-state index in [0.29, 0.717) is 0 Å². The van der Waals surface area contributed by atoms with Crippen molar-refractivity contribution in [2.75, 3.05) is 0 Å². The van der Waals surface area contributed by atoms with Crippen molar-refractivity contribution in [2.24, 2.45) is 0 Å². The van der Waals surface area contributed by atoms with Gasteiger partial charge in [0.2, 0.25) is 0 Å². The highest BCUT2D eigenvalue weighted by Crippen LogP contribution is 2.40. The molecule has 0 radical (unpaired) electrons. The summed E-state index contributed by atoms with van der Waals surface area (Å²) >= 11 is 3.42. The Kier molecular flexibility index (Phi) is 3.47. The second-order valence-electron chi connectivity index (χ2n) is 5.62. The number of hydrogen-bond donors (Lipinski definition) is 0. The topological polar surface area (TPSA) is 18.5 Å². The normalized spacial score (nSPS) is 21.1. The third-order valence-electron chi connectivity index (χ3n) is 3.75. The van der Waals surface area contributed by atoms with Gasteiger partial charge in [0.1, 0.15) is 0 Å². The van der Waals surface area contributed by atoms with E-state index in [1.807, 2.05) is 52.0 Å². The Morgan fingerprint density at radius 1 is 1.06 bits per heavy atom. The lowest BCUT2D eigenvalue weighted by atomic mass is 9.75. The van der Waals surface area contributed by atoms with Crippen molar-refractivity contribution in [3.63, 3.8) is 0 Å². The van der Waals surface area contributed by atoms with Gasteiger partial charge in [-0.05, 0) is 50.9 Å². The second kappa shape index (κ2) is 4.51. The zero-order chi connectivity index (χ0) is 13.6. The van der Waals surface area contributed by atoms with Crippen LogP contribution in [0.25, 0.3) is 5.47 Å². The van der Waals surface area contributed by atoms with Gasteiger partial charge in [-0.1, -0.05) is 34.6 Å². The first-order valence-corrected chi connectivity index (χ1v) is 6.83. The van der Waals surface area contributed by atoms with Crippen molar-refractivity contribution in [1.82, 2.24) is 0 Å². The molecule has 4 heteroatoms. The summed E-state index contributed by atoms with van der Waals surface area (Å²) in [5, 5.41) is 0. The van der Waals surface area contributed by atoms with E-state index in [1.54, 1.807) is 0 Å². The molecule has 0 saturated carbocycles. The Bertz CT molecular complexity index is 449. The lowest BCUT2D eigenvalue weighted by molar-refractivity contribution is 0.00578. The van der Waals surface area contributed by atoms with Crippen LogP contribution in [0.5, 0.6) is 0 Å². The van der Waals surface area contributed by atoms with E-state index in [9.17, 15) is 0 Å². The van der Waals surface area contributed by atoms with Crippen molar-refractivity contribution in [3.05, 3.63) is 40.9 Å². The van der Waals surface area contributed by atoms with Gasteiger partial charge in [0, 0.05) is 4.47 Å². The van der Waals surface area contributed by atoms with E-state index in [-0.39, 0.29) is 18.3 Å². The maximum absolute atomic E-state index is 5.98. The first kappa shape index (κ1) is 13.8. The van der Waals surface area contributed by atoms with Crippen LogP contribution in [-0.2, 0) is 9.31 Å². The summed E-state index contributed by atoms with van der Waals surface area (Å²) in [4.78, 5) is 0. The van der Waals surface area contributed by atoms with Crippen molar-refractivity contribution >= 4 is 28.5 Å². The van der Waals surface area contributed by atoms with Crippen molar-refractivity contribution in [2.45, 2.75) is 38.9 Å². The van der Waals surface area contributed by atoms with E-state index in [4.69, 9.17) is 9.31 Å². The molecule has 0 atom stereocenters. The largest absolute Gasteiger partial charge is 0.494 e. The Labute approximate surface area is 118 Å². The molecule has 0 aliphatic carbocycles. The van der Waals surface area contributed by atoms with Crippen LogP contribution in [0.2, 0.25) is 0 Å².